The first-order chi connectivity index (χ1) is 9.72. The van der Waals surface area contributed by atoms with Gasteiger partial charge in [0.05, 0.1) is 10.7 Å². The molecule has 2 aromatic heterocycles. The molecule has 7 heteroatoms. The van der Waals surface area contributed by atoms with Crippen molar-refractivity contribution in [3.8, 4) is 11.4 Å². The average molecular weight is 287 g/mol. The fourth-order valence-electron chi connectivity index (χ4n) is 1.76. The van der Waals surface area contributed by atoms with Crippen molar-refractivity contribution in [1.82, 2.24) is 25.2 Å². The molecule has 0 bridgehead atoms. The van der Waals surface area contributed by atoms with Gasteiger partial charge in [0.15, 0.2) is 0 Å². The molecule has 0 atom stereocenters. The van der Waals surface area contributed by atoms with Gasteiger partial charge >= 0.3 is 0 Å². The van der Waals surface area contributed by atoms with E-state index in [4.69, 9.17) is 17.3 Å². The molecular weight excluding hydrogens is 276 g/mol. The highest BCUT2D eigenvalue weighted by Crippen LogP contribution is 2.17. The van der Waals surface area contributed by atoms with Gasteiger partial charge in [0.2, 0.25) is 5.82 Å². The first-order valence-electron chi connectivity index (χ1n) is 5.96. The Bertz CT molecular complexity index is 725. The minimum Gasteiger partial charge on any atom is -0.384 e. The predicted octanol–water partition coefficient (Wildman–Crippen LogP) is 2.02. The van der Waals surface area contributed by atoms with Crippen LogP contribution in [0.5, 0.6) is 0 Å². The van der Waals surface area contributed by atoms with Crippen molar-refractivity contribution in [3.05, 3.63) is 53.2 Å². The number of rotatable bonds is 3. The number of halogens is 1. The molecule has 0 fully saturated rings. The molecule has 3 rings (SSSR count). The Balaban J connectivity index is 1.86. The molecule has 2 N–H and O–H groups in total. The summed E-state index contributed by atoms with van der Waals surface area (Å²) in [5.41, 5.74) is 7.16. The summed E-state index contributed by atoms with van der Waals surface area (Å²) in [6.45, 7) is 0.323. The van der Waals surface area contributed by atoms with Crippen LogP contribution in [0.4, 0.5) is 5.82 Å². The molecule has 0 amide bonds. The minimum absolute atomic E-state index is 0.323. The van der Waals surface area contributed by atoms with Crippen molar-refractivity contribution in [3.63, 3.8) is 0 Å². The van der Waals surface area contributed by atoms with E-state index in [9.17, 15) is 0 Å². The van der Waals surface area contributed by atoms with Gasteiger partial charge in [0.1, 0.15) is 12.4 Å². The second kappa shape index (κ2) is 5.26. The van der Waals surface area contributed by atoms with Gasteiger partial charge in [-0.2, -0.15) is 4.80 Å². The Hall–Kier alpha value is -2.47. The maximum absolute atomic E-state index is 6.06. The number of hydrogen-bond acceptors (Lipinski definition) is 5. The third-order valence-corrected chi connectivity index (χ3v) is 3.06. The van der Waals surface area contributed by atoms with Gasteiger partial charge in [0, 0.05) is 5.56 Å². The molecule has 0 spiro atoms. The number of aromatic nitrogens is 5. The molecule has 3 aromatic rings. The van der Waals surface area contributed by atoms with E-state index in [2.05, 4.69) is 20.4 Å². The molecule has 20 heavy (non-hydrogen) atoms. The van der Waals surface area contributed by atoms with Gasteiger partial charge in [-0.25, -0.2) is 4.98 Å². The van der Waals surface area contributed by atoms with Gasteiger partial charge < -0.3 is 5.73 Å². The number of pyridine rings is 1. The number of anilines is 1. The second-order valence-electron chi connectivity index (χ2n) is 4.17. The minimum atomic E-state index is 0.323. The first kappa shape index (κ1) is 12.6. The molecule has 2 heterocycles. The number of nitrogens with zero attached hydrogens (tertiary/aromatic N) is 5. The van der Waals surface area contributed by atoms with E-state index in [1.807, 2.05) is 30.3 Å². The predicted molar refractivity (Wildman–Crippen MR) is 76.0 cm³/mol. The van der Waals surface area contributed by atoms with E-state index in [0.717, 1.165) is 5.56 Å². The lowest BCUT2D eigenvalue weighted by atomic mass is 10.2. The van der Waals surface area contributed by atoms with Gasteiger partial charge in [-0.05, 0) is 17.3 Å². The topological polar surface area (TPSA) is 82.5 Å². The van der Waals surface area contributed by atoms with E-state index in [0.29, 0.717) is 28.9 Å². The molecule has 0 saturated carbocycles. The van der Waals surface area contributed by atoms with Crippen LogP contribution in [0.25, 0.3) is 11.4 Å². The highest BCUT2D eigenvalue weighted by Gasteiger charge is 2.09. The normalized spacial score (nSPS) is 10.7. The molecule has 0 saturated heterocycles. The van der Waals surface area contributed by atoms with E-state index >= 15 is 0 Å². The summed E-state index contributed by atoms with van der Waals surface area (Å²) in [6.07, 6.45) is 0. The van der Waals surface area contributed by atoms with Gasteiger partial charge in [-0.1, -0.05) is 41.9 Å². The standard InChI is InChI=1S/C13H11ClN6/c14-10-6-7-12(15)16-11(10)8-20-18-13(17-19-20)9-4-2-1-3-5-9/h1-7H,8H2,(H2,15,16). The van der Waals surface area contributed by atoms with Crippen LogP contribution in [0.15, 0.2) is 42.5 Å². The molecule has 0 unspecified atom stereocenters. The largest absolute Gasteiger partial charge is 0.384 e. The zero-order chi connectivity index (χ0) is 13.9. The lowest BCUT2D eigenvalue weighted by Crippen LogP contribution is -2.07. The van der Waals surface area contributed by atoms with Crippen LogP contribution < -0.4 is 5.73 Å². The Morgan fingerprint density at radius 3 is 2.70 bits per heavy atom. The molecular formula is C13H11ClN6. The van der Waals surface area contributed by atoms with Crippen LogP contribution in [-0.2, 0) is 6.54 Å². The summed E-state index contributed by atoms with van der Waals surface area (Å²) in [7, 11) is 0. The van der Waals surface area contributed by atoms with Crippen LogP contribution in [0, 0.1) is 0 Å². The SMILES string of the molecule is Nc1ccc(Cl)c(Cn2nnc(-c3ccccc3)n2)n1. The quantitative estimate of drug-likeness (QED) is 0.796. The summed E-state index contributed by atoms with van der Waals surface area (Å²) in [5.74, 6) is 0.971. The van der Waals surface area contributed by atoms with Crippen molar-refractivity contribution >= 4 is 17.4 Å². The van der Waals surface area contributed by atoms with Crippen LogP contribution in [0.3, 0.4) is 0 Å². The van der Waals surface area contributed by atoms with E-state index in [-0.39, 0.29) is 0 Å². The monoisotopic (exact) mass is 286 g/mol. The van der Waals surface area contributed by atoms with E-state index in [1.54, 1.807) is 12.1 Å². The third kappa shape index (κ3) is 2.60. The Kier molecular flexibility index (Phi) is 3.30. The smallest absolute Gasteiger partial charge is 0.204 e. The Labute approximate surface area is 120 Å². The summed E-state index contributed by atoms with van der Waals surface area (Å²) in [6, 6.07) is 13.0. The number of tetrazole rings is 1. The average Bonchev–Trinajstić information content (AvgIpc) is 2.92. The lowest BCUT2D eigenvalue weighted by molar-refractivity contribution is 0.565. The lowest BCUT2D eigenvalue weighted by Gasteiger charge is -2.02. The zero-order valence-corrected chi connectivity index (χ0v) is 11.2. The van der Waals surface area contributed by atoms with E-state index in [1.165, 1.54) is 4.80 Å². The van der Waals surface area contributed by atoms with Crippen LogP contribution >= 0.6 is 11.6 Å². The fraction of sp³-hybridized carbons (Fsp3) is 0.0769. The van der Waals surface area contributed by atoms with E-state index < -0.39 is 0 Å². The highest BCUT2D eigenvalue weighted by molar-refractivity contribution is 6.31. The van der Waals surface area contributed by atoms with Crippen molar-refractivity contribution in [2.75, 3.05) is 5.73 Å². The number of benzene rings is 1. The van der Waals surface area contributed by atoms with Crippen molar-refractivity contribution < 1.29 is 0 Å². The van der Waals surface area contributed by atoms with Crippen LogP contribution in [0.2, 0.25) is 5.02 Å². The van der Waals surface area contributed by atoms with Crippen LogP contribution in [-0.4, -0.2) is 25.2 Å². The number of nitrogens with two attached hydrogens (primary N) is 1. The summed E-state index contributed by atoms with van der Waals surface area (Å²) in [5, 5.41) is 12.8. The van der Waals surface area contributed by atoms with Crippen molar-refractivity contribution in [2.24, 2.45) is 0 Å². The fourth-order valence-corrected chi connectivity index (χ4v) is 1.92. The summed E-state index contributed by atoms with van der Waals surface area (Å²) < 4.78 is 0. The Morgan fingerprint density at radius 2 is 1.90 bits per heavy atom. The molecule has 1 aromatic carbocycles. The maximum Gasteiger partial charge on any atom is 0.204 e. The van der Waals surface area contributed by atoms with Crippen LogP contribution in [0.1, 0.15) is 5.69 Å². The molecule has 0 aliphatic heterocycles. The Morgan fingerprint density at radius 1 is 1.10 bits per heavy atom. The second-order valence-corrected chi connectivity index (χ2v) is 4.58. The van der Waals surface area contributed by atoms with Gasteiger partial charge in [0.25, 0.3) is 0 Å². The number of nitrogen functional groups attached to an aromatic ring is 1. The summed E-state index contributed by atoms with van der Waals surface area (Å²) >= 11 is 6.06. The molecule has 0 radical (unpaired) electrons. The van der Waals surface area contributed by atoms with Gasteiger partial charge in [-0.3, -0.25) is 0 Å². The van der Waals surface area contributed by atoms with Crippen molar-refractivity contribution in [2.45, 2.75) is 6.54 Å². The number of hydrogen-bond donors (Lipinski definition) is 1. The molecule has 100 valence electrons. The molecule has 6 nitrogen and oxygen atoms in total. The first-order valence-corrected chi connectivity index (χ1v) is 6.34. The van der Waals surface area contributed by atoms with Gasteiger partial charge in [-0.15, -0.1) is 10.2 Å². The molecule has 0 aliphatic rings. The zero-order valence-electron chi connectivity index (χ0n) is 10.4. The highest BCUT2D eigenvalue weighted by atomic mass is 35.5. The maximum atomic E-state index is 6.06. The third-order valence-electron chi connectivity index (χ3n) is 2.72. The summed E-state index contributed by atoms with van der Waals surface area (Å²) in [4.78, 5) is 5.61. The molecule has 0 aliphatic carbocycles. The van der Waals surface area contributed by atoms with Crippen molar-refractivity contribution in [1.29, 1.82) is 0 Å².